The summed E-state index contributed by atoms with van der Waals surface area (Å²) in [6.07, 6.45) is -2.40. The highest BCUT2D eigenvalue weighted by Gasteiger charge is 2.20. The van der Waals surface area contributed by atoms with E-state index in [0.717, 1.165) is 0 Å². The molecule has 0 aliphatic heterocycles. The van der Waals surface area contributed by atoms with Crippen LogP contribution < -0.4 is 10.1 Å². The minimum Gasteiger partial charge on any atom is -0.491 e. The molecule has 0 aliphatic carbocycles. The smallest absolute Gasteiger partial charge is 0.407 e. The van der Waals surface area contributed by atoms with Crippen molar-refractivity contribution < 1.29 is 29.2 Å². The van der Waals surface area contributed by atoms with Gasteiger partial charge in [-0.25, -0.2) is 4.79 Å². The van der Waals surface area contributed by atoms with E-state index in [2.05, 4.69) is 5.32 Å². The van der Waals surface area contributed by atoms with Crippen LogP contribution in [0.4, 0.5) is 4.79 Å². The van der Waals surface area contributed by atoms with Gasteiger partial charge in [-0.2, -0.15) is 0 Å². The predicted octanol–water partition coefficient (Wildman–Crippen LogP) is 2.02. The first-order valence-electron chi connectivity index (χ1n) is 8.27. The second-order valence-electron chi connectivity index (χ2n) is 6.64. The van der Waals surface area contributed by atoms with Crippen LogP contribution in [-0.2, 0) is 9.47 Å². The van der Waals surface area contributed by atoms with Crippen molar-refractivity contribution >= 4 is 6.09 Å². The summed E-state index contributed by atoms with van der Waals surface area (Å²) in [7, 11) is 1.60. The van der Waals surface area contributed by atoms with Gasteiger partial charge in [-0.05, 0) is 44.9 Å². The molecule has 3 N–H and O–H groups in total. The molecule has 25 heavy (non-hydrogen) atoms. The molecule has 0 saturated heterocycles. The normalized spacial score (nSPS) is 13.8. The Balaban J connectivity index is 2.40. The third-order valence-corrected chi connectivity index (χ3v) is 3.25. The zero-order valence-electron chi connectivity index (χ0n) is 15.3. The van der Waals surface area contributed by atoms with Crippen LogP contribution in [0.25, 0.3) is 0 Å². The average Bonchev–Trinajstić information content (AvgIpc) is 2.53. The van der Waals surface area contributed by atoms with E-state index >= 15 is 0 Å². The Morgan fingerprint density at radius 1 is 1.16 bits per heavy atom. The third kappa shape index (κ3) is 8.72. The second-order valence-corrected chi connectivity index (χ2v) is 6.64. The van der Waals surface area contributed by atoms with Crippen molar-refractivity contribution in [2.45, 2.75) is 45.0 Å². The molecule has 1 rings (SSSR count). The zero-order chi connectivity index (χ0) is 18.9. The van der Waals surface area contributed by atoms with Crippen LogP contribution in [0, 0.1) is 0 Å². The van der Waals surface area contributed by atoms with Crippen molar-refractivity contribution in [2.75, 3.05) is 26.9 Å². The van der Waals surface area contributed by atoms with Gasteiger partial charge in [0.1, 0.15) is 24.1 Å². The molecular weight excluding hydrogens is 326 g/mol. The number of hydrogen-bond donors (Lipinski definition) is 3. The number of hydrogen-bond acceptors (Lipinski definition) is 6. The summed E-state index contributed by atoms with van der Waals surface area (Å²) in [5.74, 6) is 0.661. The van der Waals surface area contributed by atoms with E-state index < -0.39 is 23.9 Å². The Hall–Kier alpha value is -1.83. The summed E-state index contributed by atoms with van der Waals surface area (Å²) in [5, 5.41) is 22.8. The highest BCUT2D eigenvalue weighted by atomic mass is 16.6. The molecule has 1 amide bonds. The molecule has 142 valence electrons. The summed E-state index contributed by atoms with van der Waals surface area (Å²) in [5.41, 5.74) is -0.00110. The number of carbonyl (C=O) groups is 1. The van der Waals surface area contributed by atoms with Gasteiger partial charge in [-0.3, -0.25) is 0 Å². The lowest BCUT2D eigenvalue weighted by atomic mass is 10.0. The Morgan fingerprint density at radius 3 is 2.36 bits per heavy atom. The van der Waals surface area contributed by atoms with Crippen molar-refractivity contribution in [2.24, 2.45) is 0 Å². The topological polar surface area (TPSA) is 97.3 Å². The van der Waals surface area contributed by atoms with E-state index in [4.69, 9.17) is 14.2 Å². The van der Waals surface area contributed by atoms with Crippen LogP contribution in [-0.4, -0.2) is 54.9 Å². The maximum absolute atomic E-state index is 11.5. The summed E-state index contributed by atoms with van der Waals surface area (Å²) in [4.78, 5) is 11.5. The number of carbonyl (C=O) groups excluding carboxylic acids is 1. The first kappa shape index (κ1) is 21.2. The lowest BCUT2D eigenvalue weighted by molar-refractivity contribution is 0.0123. The van der Waals surface area contributed by atoms with E-state index in [0.29, 0.717) is 24.5 Å². The van der Waals surface area contributed by atoms with Gasteiger partial charge in [0.05, 0.1) is 12.7 Å². The summed E-state index contributed by atoms with van der Waals surface area (Å²) >= 11 is 0. The first-order chi connectivity index (χ1) is 11.7. The summed E-state index contributed by atoms with van der Waals surface area (Å²) in [6.45, 7) is 6.45. The van der Waals surface area contributed by atoms with Crippen LogP contribution in [0.15, 0.2) is 24.3 Å². The summed E-state index contributed by atoms with van der Waals surface area (Å²) in [6, 6.07) is 6.83. The number of amides is 1. The molecule has 0 heterocycles. The SMILES string of the molecule is COCCOc1ccc(C(O)C(O)CCNC(=O)OC(C)(C)C)cc1. The molecule has 7 nitrogen and oxygen atoms in total. The molecule has 0 bridgehead atoms. The number of alkyl carbamates (subject to hydrolysis) is 1. The fourth-order valence-electron chi connectivity index (χ4n) is 2.02. The summed E-state index contributed by atoms with van der Waals surface area (Å²) < 4.78 is 15.4. The minimum absolute atomic E-state index is 0.200. The lowest BCUT2D eigenvalue weighted by Crippen LogP contribution is -2.34. The molecule has 0 aliphatic rings. The molecule has 7 heteroatoms. The molecule has 1 aromatic carbocycles. The van der Waals surface area contributed by atoms with Crippen LogP contribution in [0.5, 0.6) is 5.75 Å². The molecule has 0 radical (unpaired) electrons. The van der Waals surface area contributed by atoms with Crippen molar-refractivity contribution in [3.05, 3.63) is 29.8 Å². The number of methoxy groups -OCH3 is 1. The molecule has 1 aromatic rings. The number of ether oxygens (including phenoxy) is 3. The molecule has 2 atom stereocenters. The Labute approximate surface area is 148 Å². The van der Waals surface area contributed by atoms with Crippen molar-refractivity contribution in [1.82, 2.24) is 5.32 Å². The predicted molar refractivity (Wildman–Crippen MR) is 93.6 cm³/mol. The monoisotopic (exact) mass is 355 g/mol. The van der Waals surface area contributed by atoms with Gasteiger partial charge in [0, 0.05) is 13.7 Å². The average molecular weight is 355 g/mol. The van der Waals surface area contributed by atoms with E-state index in [-0.39, 0.29) is 13.0 Å². The Morgan fingerprint density at radius 2 is 1.80 bits per heavy atom. The van der Waals surface area contributed by atoms with Crippen LogP contribution >= 0.6 is 0 Å². The maximum Gasteiger partial charge on any atom is 0.407 e. The van der Waals surface area contributed by atoms with Gasteiger partial charge in [-0.15, -0.1) is 0 Å². The van der Waals surface area contributed by atoms with Gasteiger partial charge >= 0.3 is 6.09 Å². The maximum atomic E-state index is 11.5. The molecule has 0 spiro atoms. The number of aliphatic hydroxyl groups is 2. The largest absolute Gasteiger partial charge is 0.491 e. The van der Waals surface area contributed by atoms with Crippen molar-refractivity contribution in [3.63, 3.8) is 0 Å². The van der Waals surface area contributed by atoms with Crippen LogP contribution in [0.3, 0.4) is 0 Å². The van der Waals surface area contributed by atoms with Gasteiger partial charge in [0.25, 0.3) is 0 Å². The fourth-order valence-corrected chi connectivity index (χ4v) is 2.02. The molecule has 0 saturated carbocycles. The zero-order valence-corrected chi connectivity index (χ0v) is 15.3. The van der Waals surface area contributed by atoms with Gasteiger partial charge < -0.3 is 29.7 Å². The highest BCUT2D eigenvalue weighted by molar-refractivity contribution is 5.67. The van der Waals surface area contributed by atoms with Gasteiger partial charge in [-0.1, -0.05) is 12.1 Å². The quantitative estimate of drug-likeness (QED) is 0.587. The molecular formula is C18H29NO6. The Bertz CT molecular complexity index is 511. The van der Waals surface area contributed by atoms with Crippen molar-refractivity contribution in [1.29, 1.82) is 0 Å². The number of benzene rings is 1. The lowest BCUT2D eigenvalue weighted by Gasteiger charge is -2.21. The van der Waals surface area contributed by atoms with Gasteiger partial charge in [0.15, 0.2) is 0 Å². The fraction of sp³-hybridized carbons (Fsp3) is 0.611. The third-order valence-electron chi connectivity index (χ3n) is 3.25. The van der Waals surface area contributed by atoms with E-state index in [1.165, 1.54) is 0 Å². The van der Waals surface area contributed by atoms with E-state index in [1.807, 2.05) is 0 Å². The van der Waals surface area contributed by atoms with E-state index in [9.17, 15) is 15.0 Å². The number of aliphatic hydroxyl groups excluding tert-OH is 2. The van der Waals surface area contributed by atoms with E-state index in [1.54, 1.807) is 52.1 Å². The molecule has 0 fully saturated rings. The molecule has 0 aromatic heterocycles. The van der Waals surface area contributed by atoms with Crippen molar-refractivity contribution in [3.8, 4) is 5.75 Å². The first-order valence-corrected chi connectivity index (χ1v) is 8.27. The number of nitrogens with one attached hydrogen (secondary N) is 1. The number of rotatable bonds is 9. The van der Waals surface area contributed by atoms with Gasteiger partial charge in [0.2, 0.25) is 0 Å². The minimum atomic E-state index is -1.05. The second kappa shape index (κ2) is 10.2. The van der Waals surface area contributed by atoms with Crippen LogP contribution in [0.1, 0.15) is 38.9 Å². The Kier molecular flexibility index (Phi) is 8.68. The van der Waals surface area contributed by atoms with Crippen LogP contribution in [0.2, 0.25) is 0 Å². The standard InChI is InChI=1S/C18H29NO6/c1-18(2,3)25-17(22)19-10-9-15(20)16(21)13-5-7-14(8-6-13)24-12-11-23-4/h5-8,15-16,20-21H,9-12H2,1-4H3,(H,19,22). The highest BCUT2D eigenvalue weighted by Crippen LogP contribution is 2.21. The molecule has 2 unspecified atom stereocenters.